The first kappa shape index (κ1) is 11.2. The molecule has 2 aromatic rings. The van der Waals surface area contributed by atoms with Gasteiger partial charge in [-0.15, -0.1) is 5.10 Å². The zero-order valence-corrected chi connectivity index (χ0v) is 8.28. The van der Waals surface area contributed by atoms with Gasteiger partial charge >= 0.3 is 6.18 Å². The smallest absolute Gasteiger partial charge is 0.368 e. The number of aromatic nitrogens is 4. The number of hydrogen-bond donors (Lipinski definition) is 3. The van der Waals surface area contributed by atoms with Crippen LogP contribution in [0.3, 0.4) is 0 Å². The highest BCUT2D eigenvalue weighted by Gasteiger charge is 2.32. The molecule has 2 heterocycles. The van der Waals surface area contributed by atoms with Gasteiger partial charge in [-0.3, -0.25) is 0 Å². The maximum absolute atomic E-state index is 12.2. The van der Waals surface area contributed by atoms with Crippen LogP contribution < -0.4 is 11.1 Å². The zero-order valence-electron chi connectivity index (χ0n) is 8.28. The number of nitrogens with one attached hydrogen (secondary N) is 2. The predicted molar refractivity (Wildman–Crippen MR) is 53.3 cm³/mol. The van der Waals surface area contributed by atoms with Crippen LogP contribution in [0.15, 0.2) is 18.3 Å². The zero-order chi connectivity index (χ0) is 12.5. The first-order valence-corrected chi connectivity index (χ1v) is 4.43. The summed E-state index contributed by atoms with van der Waals surface area (Å²) >= 11 is 0. The molecule has 0 amide bonds. The van der Waals surface area contributed by atoms with E-state index in [1.54, 1.807) is 0 Å². The van der Waals surface area contributed by atoms with Crippen LogP contribution in [0.4, 0.5) is 30.8 Å². The van der Waals surface area contributed by atoms with Gasteiger partial charge in [-0.25, -0.2) is 10.1 Å². The molecule has 17 heavy (non-hydrogen) atoms. The third-order valence-corrected chi connectivity index (χ3v) is 1.81. The van der Waals surface area contributed by atoms with Crippen LogP contribution in [0.25, 0.3) is 0 Å². The Morgan fingerprint density at radius 2 is 2.06 bits per heavy atom. The Labute approximate surface area is 93.1 Å². The molecule has 0 spiro atoms. The molecule has 0 bridgehead atoms. The van der Waals surface area contributed by atoms with Crippen LogP contribution in [0.5, 0.6) is 0 Å². The van der Waals surface area contributed by atoms with E-state index in [-0.39, 0.29) is 11.9 Å². The number of nitrogens with two attached hydrogens (primary N) is 1. The van der Waals surface area contributed by atoms with E-state index in [1.807, 2.05) is 0 Å². The van der Waals surface area contributed by atoms with E-state index in [4.69, 9.17) is 5.73 Å². The standard InChI is InChI=1S/C8H7F3N6/c9-8(10,11)5-2-1-4(3-13-5)14-7-15-6(12)16-17-7/h1-3H,(H4,12,14,15,16,17). The Bertz CT molecular complexity index is 503. The average molecular weight is 244 g/mol. The van der Waals surface area contributed by atoms with Crippen LogP contribution in [0, 0.1) is 0 Å². The summed E-state index contributed by atoms with van der Waals surface area (Å²) in [5, 5.41) is 8.68. The molecule has 0 fully saturated rings. The molecular weight excluding hydrogens is 237 g/mol. The number of rotatable bonds is 2. The highest BCUT2D eigenvalue weighted by atomic mass is 19.4. The quantitative estimate of drug-likeness (QED) is 0.745. The number of hydrogen-bond acceptors (Lipinski definition) is 5. The third-order valence-electron chi connectivity index (χ3n) is 1.81. The molecular formula is C8H7F3N6. The monoisotopic (exact) mass is 244 g/mol. The third kappa shape index (κ3) is 2.62. The number of aromatic amines is 1. The van der Waals surface area contributed by atoms with Crippen molar-refractivity contribution in [1.82, 2.24) is 20.2 Å². The topological polar surface area (TPSA) is 92.5 Å². The Hall–Kier alpha value is -2.32. The average Bonchev–Trinajstić information content (AvgIpc) is 2.63. The van der Waals surface area contributed by atoms with Gasteiger partial charge in [0.2, 0.25) is 11.9 Å². The van der Waals surface area contributed by atoms with Gasteiger partial charge in [0.15, 0.2) is 0 Å². The number of nitrogen functional groups attached to an aromatic ring is 1. The minimum Gasteiger partial charge on any atom is -0.368 e. The van der Waals surface area contributed by atoms with Gasteiger partial charge in [0.05, 0.1) is 11.9 Å². The summed E-state index contributed by atoms with van der Waals surface area (Å²) in [5.74, 6) is 0.261. The molecule has 0 aliphatic carbocycles. The van der Waals surface area contributed by atoms with Crippen LogP contribution in [-0.4, -0.2) is 20.2 Å². The first-order chi connectivity index (χ1) is 7.95. The summed E-state index contributed by atoms with van der Waals surface area (Å²) in [6.07, 6.45) is -3.41. The summed E-state index contributed by atoms with van der Waals surface area (Å²) in [4.78, 5) is 7.00. The van der Waals surface area contributed by atoms with Crippen LogP contribution >= 0.6 is 0 Å². The van der Waals surface area contributed by atoms with Crippen molar-refractivity contribution in [3.63, 3.8) is 0 Å². The molecule has 9 heteroatoms. The number of alkyl halides is 3. The van der Waals surface area contributed by atoms with E-state index in [2.05, 4.69) is 25.5 Å². The van der Waals surface area contributed by atoms with E-state index < -0.39 is 11.9 Å². The molecule has 90 valence electrons. The summed E-state index contributed by atoms with van der Waals surface area (Å²) in [7, 11) is 0. The molecule has 0 atom stereocenters. The Balaban J connectivity index is 2.13. The summed E-state index contributed by atoms with van der Waals surface area (Å²) < 4.78 is 36.7. The van der Waals surface area contributed by atoms with Crippen molar-refractivity contribution in [1.29, 1.82) is 0 Å². The van der Waals surface area contributed by atoms with Crippen molar-refractivity contribution in [2.75, 3.05) is 11.1 Å². The minimum atomic E-state index is -4.45. The van der Waals surface area contributed by atoms with Gasteiger partial charge in [0, 0.05) is 0 Å². The van der Waals surface area contributed by atoms with Crippen molar-refractivity contribution < 1.29 is 13.2 Å². The highest BCUT2D eigenvalue weighted by molar-refractivity contribution is 5.52. The molecule has 0 radical (unpaired) electrons. The lowest BCUT2D eigenvalue weighted by Crippen LogP contribution is -2.07. The maximum Gasteiger partial charge on any atom is 0.433 e. The van der Waals surface area contributed by atoms with Gasteiger partial charge in [-0.2, -0.15) is 18.2 Å². The first-order valence-electron chi connectivity index (χ1n) is 4.43. The summed E-state index contributed by atoms with van der Waals surface area (Å²) in [6.45, 7) is 0. The van der Waals surface area contributed by atoms with Crippen LogP contribution in [-0.2, 0) is 6.18 Å². The van der Waals surface area contributed by atoms with Gasteiger partial charge < -0.3 is 11.1 Å². The Kier molecular flexibility index (Phi) is 2.58. The normalized spacial score (nSPS) is 11.5. The lowest BCUT2D eigenvalue weighted by Gasteiger charge is -2.06. The molecule has 0 aromatic carbocycles. The van der Waals surface area contributed by atoms with E-state index in [0.717, 1.165) is 12.3 Å². The fourth-order valence-electron chi connectivity index (χ4n) is 1.09. The minimum absolute atomic E-state index is 0.104. The lowest BCUT2D eigenvalue weighted by molar-refractivity contribution is -0.141. The van der Waals surface area contributed by atoms with Crippen LogP contribution in [0.1, 0.15) is 5.69 Å². The van der Waals surface area contributed by atoms with Gasteiger partial charge in [0.25, 0.3) is 0 Å². The lowest BCUT2D eigenvalue weighted by atomic mass is 10.3. The fourth-order valence-corrected chi connectivity index (χ4v) is 1.09. The van der Waals surface area contributed by atoms with Crippen molar-refractivity contribution in [2.24, 2.45) is 0 Å². The number of pyridine rings is 1. The SMILES string of the molecule is Nc1nc(Nc2ccc(C(F)(F)F)nc2)n[nH]1. The molecule has 0 aliphatic heterocycles. The van der Waals surface area contributed by atoms with Crippen molar-refractivity contribution >= 4 is 17.6 Å². The van der Waals surface area contributed by atoms with Crippen LogP contribution in [0.2, 0.25) is 0 Å². The molecule has 2 rings (SSSR count). The van der Waals surface area contributed by atoms with E-state index in [1.165, 1.54) is 6.07 Å². The van der Waals surface area contributed by atoms with Gasteiger partial charge in [-0.1, -0.05) is 0 Å². The number of nitrogens with zero attached hydrogens (tertiary/aromatic N) is 3. The van der Waals surface area contributed by atoms with E-state index in [0.29, 0.717) is 5.69 Å². The van der Waals surface area contributed by atoms with Crippen molar-refractivity contribution in [3.8, 4) is 0 Å². The second kappa shape index (κ2) is 3.92. The molecule has 4 N–H and O–H groups in total. The Morgan fingerprint density at radius 3 is 2.53 bits per heavy atom. The second-order valence-electron chi connectivity index (χ2n) is 3.10. The maximum atomic E-state index is 12.2. The van der Waals surface area contributed by atoms with E-state index >= 15 is 0 Å². The van der Waals surface area contributed by atoms with E-state index in [9.17, 15) is 13.2 Å². The highest BCUT2D eigenvalue weighted by Crippen LogP contribution is 2.28. The van der Waals surface area contributed by atoms with Gasteiger partial charge in [-0.05, 0) is 12.1 Å². The van der Waals surface area contributed by atoms with Crippen molar-refractivity contribution in [2.45, 2.75) is 6.18 Å². The molecule has 6 nitrogen and oxygen atoms in total. The molecule has 0 unspecified atom stereocenters. The van der Waals surface area contributed by atoms with Crippen molar-refractivity contribution in [3.05, 3.63) is 24.0 Å². The largest absolute Gasteiger partial charge is 0.433 e. The second-order valence-corrected chi connectivity index (χ2v) is 3.10. The summed E-state index contributed by atoms with van der Waals surface area (Å²) in [6, 6.07) is 2.08. The fraction of sp³-hybridized carbons (Fsp3) is 0.125. The molecule has 2 aromatic heterocycles. The molecule has 0 saturated heterocycles. The Morgan fingerprint density at radius 1 is 1.29 bits per heavy atom. The van der Waals surface area contributed by atoms with Gasteiger partial charge in [0.1, 0.15) is 5.69 Å². The predicted octanol–water partition coefficient (Wildman–Crippen LogP) is 1.54. The number of halogens is 3. The molecule has 0 aliphatic rings. The molecule has 0 saturated carbocycles. The number of H-pyrrole nitrogens is 1. The summed E-state index contributed by atoms with van der Waals surface area (Å²) in [5.41, 5.74) is 4.65. The number of anilines is 3.